The first kappa shape index (κ1) is 18.5. The van der Waals surface area contributed by atoms with Crippen LogP contribution in [0.15, 0.2) is 55.0 Å². The summed E-state index contributed by atoms with van der Waals surface area (Å²) in [6, 6.07) is 11.6. The lowest BCUT2D eigenvalue weighted by molar-refractivity contribution is 0.0946. The molecule has 6 nitrogen and oxygen atoms in total. The molecule has 138 valence electrons. The number of nitrogens with one attached hydrogen (secondary N) is 2. The molecule has 6 heteroatoms. The van der Waals surface area contributed by atoms with E-state index >= 15 is 0 Å². The van der Waals surface area contributed by atoms with Gasteiger partial charge in [-0.15, -0.1) is 0 Å². The van der Waals surface area contributed by atoms with Crippen molar-refractivity contribution in [2.24, 2.45) is 0 Å². The molecule has 0 bridgehead atoms. The van der Waals surface area contributed by atoms with Gasteiger partial charge in [-0.3, -0.25) is 9.78 Å². The number of amides is 1. The van der Waals surface area contributed by atoms with E-state index in [0.29, 0.717) is 18.2 Å². The van der Waals surface area contributed by atoms with Gasteiger partial charge in [-0.25, -0.2) is 9.97 Å². The molecule has 0 unspecified atom stereocenters. The van der Waals surface area contributed by atoms with Gasteiger partial charge < -0.3 is 10.6 Å². The zero-order valence-electron chi connectivity index (χ0n) is 15.6. The number of aryl methyl sites for hydroxylation is 2. The Balaban J connectivity index is 1.75. The van der Waals surface area contributed by atoms with E-state index in [-0.39, 0.29) is 5.91 Å². The Morgan fingerprint density at radius 1 is 1.00 bits per heavy atom. The average molecular weight is 361 g/mol. The standard InChI is InChI=1S/C21H23N5O/c1-3-16-8-5-9-17(4-2)19(16)26-21-23-12-10-18(25-21)20(27)24-14-15-7-6-11-22-13-15/h5-13H,3-4,14H2,1-2H3,(H,24,27)(H,23,25,26). The van der Waals surface area contributed by atoms with Crippen LogP contribution in [0.3, 0.4) is 0 Å². The molecule has 0 saturated heterocycles. The molecule has 0 radical (unpaired) electrons. The normalized spacial score (nSPS) is 10.4. The van der Waals surface area contributed by atoms with E-state index < -0.39 is 0 Å². The minimum absolute atomic E-state index is 0.246. The van der Waals surface area contributed by atoms with E-state index in [4.69, 9.17) is 0 Å². The largest absolute Gasteiger partial charge is 0.347 e. The number of hydrogen-bond acceptors (Lipinski definition) is 5. The van der Waals surface area contributed by atoms with Crippen LogP contribution in [0.2, 0.25) is 0 Å². The second kappa shape index (κ2) is 8.89. The smallest absolute Gasteiger partial charge is 0.270 e. The van der Waals surface area contributed by atoms with Crippen LogP contribution in [0.4, 0.5) is 11.6 Å². The number of pyridine rings is 1. The minimum Gasteiger partial charge on any atom is -0.347 e. The van der Waals surface area contributed by atoms with Crippen LogP contribution < -0.4 is 10.6 Å². The quantitative estimate of drug-likeness (QED) is 0.671. The molecule has 0 aliphatic rings. The van der Waals surface area contributed by atoms with E-state index in [1.807, 2.05) is 12.1 Å². The van der Waals surface area contributed by atoms with E-state index in [2.05, 4.69) is 57.6 Å². The van der Waals surface area contributed by atoms with Crippen molar-refractivity contribution in [3.8, 4) is 0 Å². The topological polar surface area (TPSA) is 79.8 Å². The summed E-state index contributed by atoms with van der Waals surface area (Å²) in [4.78, 5) is 25.1. The second-order valence-electron chi connectivity index (χ2n) is 6.09. The van der Waals surface area contributed by atoms with Gasteiger partial charge in [0.25, 0.3) is 5.91 Å². The lowest BCUT2D eigenvalue weighted by atomic mass is 10.0. The number of para-hydroxylation sites is 1. The van der Waals surface area contributed by atoms with Crippen LogP contribution in [-0.2, 0) is 19.4 Å². The number of aromatic nitrogens is 3. The molecule has 1 aromatic carbocycles. The molecule has 0 fully saturated rings. The van der Waals surface area contributed by atoms with Gasteiger partial charge in [-0.05, 0) is 41.7 Å². The Kier molecular flexibility index (Phi) is 6.10. The Bertz CT molecular complexity index is 889. The molecule has 0 saturated carbocycles. The maximum absolute atomic E-state index is 12.4. The molecule has 0 atom stereocenters. The number of benzene rings is 1. The molecular weight excluding hydrogens is 338 g/mol. The summed E-state index contributed by atoms with van der Waals surface area (Å²) < 4.78 is 0. The summed E-state index contributed by atoms with van der Waals surface area (Å²) in [5, 5.41) is 6.15. The van der Waals surface area contributed by atoms with Crippen molar-refractivity contribution in [1.29, 1.82) is 0 Å². The van der Waals surface area contributed by atoms with Gasteiger partial charge in [0.1, 0.15) is 5.69 Å². The Morgan fingerprint density at radius 3 is 2.44 bits per heavy atom. The first-order valence-corrected chi connectivity index (χ1v) is 9.09. The van der Waals surface area contributed by atoms with E-state index in [0.717, 1.165) is 24.1 Å². The molecular formula is C21H23N5O. The molecule has 0 spiro atoms. The zero-order valence-corrected chi connectivity index (χ0v) is 15.6. The molecule has 3 aromatic rings. The van der Waals surface area contributed by atoms with Crippen LogP contribution >= 0.6 is 0 Å². The fourth-order valence-electron chi connectivity index (χ4n) is 2.84. The summed E-state index contributed by atoms with van der Waals surface area (Å²) in [7, 11) is 0. The van der Waals surface area contributed by atoms with Crippen LogP contribution in [0, 0.1) is 0 Å². The first-order valence-electron chi connectivity index (χ1n) is 9.09. The fraction of sp³-hybridized carbons (Fsp3) is 0.238. The number of nitrogens with zero attached hydrogens (tertiary/aromatic N) is 3. The summed E-state index contributed by atoms with van der Waals surface area (Å²) in [6.45, 7) is 4.63. The summed E-state index contributed by atoms with van der Waals surface area (Å²) in [6.07, 6.45) is 6.82. The number of carbonyl (C=O) groups is 1. The third kappa shape index (κ3) is 4.67. The molecule has 3 rings (SSSR count). The molecule has 2 aromatic heterocycles. The van der Waals surface area contributed by atoms with Crippen LogP contribution in [-0.4, -0.2) is 20.9 Å². The van der Waals surface area contributed by atoms with Gasteiger partial charge in [0.05, 0.1) is 0 Å². The predicted molar refractivity (Wildman–Crippen MR) is 106 cm³/mol. The lowest BCUT2D eigenvalue weighted by Gasteiger charge is -2.14. The highest BCUT2D eigenvalue weighted by molar-refractivity contribution is 5.92. The predicted octanol–water partition coefficient (Wildman–Crippen LogP) is 3.67. The molecule has 0 aliphatic heterocycles. The fourth-order valence-corrected chi connectivity index (χ4v) is 2.84. The second-order valence-corrected chi connectivity index (χ2v) is 6.09. The lowest BCUT2D eigenvalue weighted by Crippen LogP contribution is -2.24. The van der Waals surface area contributed by atoms with Gasteiger partial charge in [-0.1, -0.05) is 38.1 Å². The van der Waals surface area contributed by atoms with Crippen molar-refractivity contribution >= 4 is 17.5 Å². The minimum atomic E-state index is -0.246. The van der Waals surface area contributed by atoms with Crippen LogP contribution in [0.25, 0.3) is 0 Å². The van der Waals surface area contributed by atoms with Crippen molar-refractivity contribution < 1.29 is 4.79 Å². The van der Waals surface area contributed by atoms with E-state index in [9.17, 15) is 4.79 Å². The van der Waals surface area contributed by atoms with E-state index in [1.54, 1.807) is 24.7 Å². The Hall–Kier alpha value is -3.28. The SMILES string of the molecule is CCc1cccc(CC)c1Nc1nccc(C(=O)NCc2cccnc2)n1. The van der Waals surface area contributed by atoms with Gasteiger partial charge in [-0.2, -0.15) is 0 Å². The van der Waals surface area contributed by atoms with Crippen molar-refractivity contribution in [3.63, 3.8) is 0 Å². The molecule has 2 heterocycles. The Labute approximate surface area is 159 Å². The van der Waals surface area contributed by atoms with Crippen molar-refractivity contribution in [2.75, 3.05) is 5.32 Å². The molecule has 0 aliphatic carbocycles. The van der Waals surface area contributed by atoms with Gasteiger partial charge in [0, 0.05) is 30.8 Å². The molecule has 27 heavy (non-hydrogen) atoms. The highest BCUT2D eigenvalue weighted by atomic mass is 16.1. The van der Waals surface area contributed by atoms with Crippen molar-refractivity contribution in [2.45, 2.75) is 33.2 Å². The van der Waals surface area contributed by atoms with Crippen molar-refractivity contribution in [3.05, 3.63) is 77.4 Å². The number of hydrogen-bond donors (Lipinski definition) is 2. The van der Waals surface area contributed by atoms with Crippen LogP contribution in [0.5, 0.6) is 0 Å². The summed E-state index contributed by atoms with van der Waals surface area (Å²) in [5.41, 5.74) is 4.68. The maximum atomic E-state index is 12.4. The summed E-state index contributed by atoms with van der Waals surface area (Å²) in [5.74, 6) is 0.170. The highest BCUT2D eigenvalue weighted by Gasteiger charge is 2.11. The number of carbonyl (C=O) groups excluding carboxylic acids is 1. The van der Waals surface area contributed by atoms with E-state index in [1.165, 1.54) is 11.1 Å². The number of anilines is 2. The van der Waals surface area contributed by atoms with Gasteiger partial charge in [0.2, 0.25) is 5.95 Å². The average Bonchev–Trinajstić information content (AvgIpc) is 2.73. The first-order chi connectivity index (χ1) is 13.2. The maximum Gasteiger partial charge on any atom is 0.270 e. The number of rotatable bonds is 7. The molecule has 1 amide bonds. The van der Waals surface area contributed by atoms with Crippen molar-refractivity contribution in [1.82, 2.24) is 20.3 Å². The van der Waals surface area contributed by atoms with Gasteiger partial charge >= 0.3 is 0 Å². The van der Waals surface area contributed by atoms with Gasteiger partial charge in [0.15, 0.2) is 0 Å². The zero-order chi connectivity index (χ0) is 19.1. The summed E-state index contributed by atoms with van der Waals surface area (Å²) >= 11 is 0. The molecule has 2 N–H and O–H groups in total. The third-order valence-corrected chi connectivity index (χ3v) is 4.30. The third-order valence-electron chi connectivity index (χ3n) is 4.30. The van der Waals surface area contributed by atoms with Crippen LogP contribution in [0.1, 0.15) is 41.0 Å². The monoisotopic (exact) mass is 361 g/mol. The Morgan fingerprint density at radius 2 is 1.78 bits per heavy atom. The highest BCUT2D eigenvalue weighted by Crippen LogP contribution is 2.25.